The van der Waals surface area contributed by atoms with Gasteiger partial charge in [0.15, 0.2) is 0 Å². The van der Waals surface area contributed by atoms with E-state index in [0.717, 1.165) is 5.92 Å². The van der Waals surface area contributed by atoms with Gasteiger partial charge in [0.05, 0.1) is 5.51 Å². The predicted octanol–water partition coefficient (Wildman–Crippen LogP) is 3.23. The Morgan fingerprint density at radius 1 is 1.57 bits per heavy atom. The Balaban J connectivity index is 2.47. The highest BCUT2D eigenvalue weighted by Crippen LogP contribution is 2.25. The van der Waals surface area contributed by atoms with E-state index in [-0.39, 0.29) is 0 Å². The maximum absolute atomic E-state index is 4.12. The van der Waals surface area contributed by atoms with E-state index < -0.39 is 0 Å². The number of hydrogen-bond acceptors (Lipinski definition) is 3. The van der Waals surface area contributed by atoms with Crippen LogP contribution in [0, 0.1) is 5.92 Å². The molecule has 0 fully saturated rings. The lowest BCUT2D eigenvalue weighted by Crippen LogP contribution is -2.18. The second-order valence-electron chi connectivity index (χ2n) is 3.87. The molecule has 14 heavy (non-hydrogen) atoms. The number of thiazole rings is 1. The highest BCUT2D eigenvalue weighted by atomic mass is 32.1. The van der Waals surface area contributed by atoms with Gasteiger partial charge < -0.3 is 5.32 Å². The molecule has 0 saturated carbocycles. The molecular weight excluding hydrogens is 192 g/mol. The highest BCUT2D eigenvalue weighted by Gasteiger charge is 2.14. The molecule has 2 nitrogen and oxygen atoms in total. The molecule has 1 aromatic heterocycles. The zero-order valence-electron chi connectivity index (χ0n) is 9.29. The monoisotopic (exact) mass is 212 g/mol. The summed E-state index contributed by atoms with van der Waals surface area (Å²) >= 11 is 1.74. The van der Waals surface area contributed by atoms with Crippen LogP contribution in [-0.4, -0.2) is 12.0 Å². The van der Waals surface area contributed by atoms with Gasteiger partial charge in [0.1, 0.15) is 0 Å². The van der Waals surface area contributed by atoms with Crippen LogP contribution in [0.5, 0.6) is 0 Å². The molecule has 0 saturated heterocycles. The largest absolute Gasteiger partial charge is 0.312 e. The van der Waals surface area contributed by atoms with Gasteiger partial charge in [0.25, 0.3) is 0 Å². The molecule has 80 valence electrons. The van der Waals surface area contributed by atoms with Crippen molar-refractivity contribution in [3.8, 4) is 0 Å². The van der Waals surface area contributed by atoms with Gasteiger partial charge in [0, 0.05) is 17.1 Å². The Kier molecular flexibility index (Phi) is 5.12. The minimum atomic E-state index is 0.490. The standard InChI is InChI=1S/C11H20N2S/c1-4-5-9(2)6-10(12-3)11-7-13-8-14-11/h7-10,12H,4-6H2,1-3H3. The Labute approximate surface area is 90.8 Å². The second-order valence-corrected chi connectivity index (χ2v) is 4.79. The van der Waals surface area contributed by atoms with Crippen LogP contribution in [0.2, 0.25) is 0 Å². The first-order chi connectivity index (χ1) is 6.77. The lowest BCUT2D eigenvalue weighted by atomic mass is 9.97. The van der Waals surface area contributed by atoms with Crippen molar-refractivity contribution in [1.29, 1.82) is 0 Å². The number of nitrogens with zero attached hydrogens (tertiary/aromatic N) is 1. The number of hydrogen-bond donors (Lipinski definition) is 1. The van der Waals surface area contributed by atoms with Crippen LogP contribution >= 0.6 is 11.3 Å². The van der Waals surface area contributed by atoms with E-state index in [9.17, 15) is 0 Å². The fourth-order valence-electron chi connectivity index (χ4n) is 1.79. The molecule has 1 heterocycles. The molecule has 0 bridgehead atoms. The van der Waals surface area contributed by atoms with Crippen LogP contribution in [0.1, 0.15) is 44.0 Å². The maximum Gasteiger partial charge on any atom is 0.0794 e. The number of aromatic nitrogens is 1. The second kappa shape index (κ2) is 6.14. The van der Waals surface area contributed by atoms with Crippen molar-refractivity contribution in [2.24, 2.45) is 5.92 Å². The molecule has 0 amide bonds. The summed E-state index contributed by atoms with van der Waals surface area (Å²) in [6.45, 7) is 4.58. The van der Waals surface area contributed by atoms with Crippen molar-refractivity contribution in [1.82, 2.24) is 10.3 Å². The molecule has 1 aromatic rings. The van der Waals surface area contributed by atoms with Gasteiger partial charge in [-0.25, -0.2) is 0 Å². The minimum absolute atomic E-state index is 0.490. The fraction of sp³-hybridized carbons (Fsp3) is 0.727. The summed E-state index contributed by atoms with van der Waals surface area (Å²) < 4.78 is 0. The third-order valence-electron chi connectivity index (χ3n) is 2.56. The third kappa shape index (κ3) is 3.39. The quantitative estimate of drug-likeness (QED) is 0.783. The van der Waals surface area contributed by atoms with Crippen molar-refractivity contribution in [3.63, 3.8) is 0 Å². The van der Waals surface area contributed by atoms with Crippen molar-refractivity contribution in [2.45, 2.75) is 39.2 Å². The molecular formula is C11H20N2S. The van der Waals surface area contributed by atoms with Gasteiger partial charge in [-0.15, -0.1) is 11.3 Å². The zero-order chi connectivity index (χ0) is 10.4. The van der Waals surface area contributed by atoms with E-state index in [1.807, 2.05) is 18.8 Å². The fourth-order valence-corrected chi connectivity index (χ4v) is 2.53. The van der Waals surface area contributed by atoms with E-state index in [1.165, 1.54) is 24.1 Å². The van der Waals surface area contributed by atoms with Crippen LogP contribution in [0.15, 0.2) is 11.7 Å². The van der Waals surface area contributed by atoms with Crippen LogP contribution < -0.4 is 5.32 Å². The highest BCUT2D eigenvalue weighted by molar-refractivity contribution is 7.09. The third-order valence-corrected chi connectivity index (χ3v) is 3.45. The molecule has 0 aromatic carbocycles. The average Bonchev–Trinajstić information content (AvgIpc) is 2.67. The molecule has 0 aliphatic heterocycles. The Morgan fingerprint density at radius 3 is 2.86 bits per heavy atom. The van der Waals surface area contributed by atoms with Crippen molar-refractivity contribution in [2.75, 3.05) is 7.05 Å². The summed E-state index contributed by atoms with van der Waals surface area (Å²) in [4.78, 5) is 5.48. The van der Waals surface area contributed by atoms with E-state index in [2.05, 4.69) is 24.1 Å². The van der Waals surface area contributed by atoms with Gasteiger partial charge in [0.2, 0.25) is 0 Å². The average molecular weight is 212 g/mol. The Morgan fingerprint density at radius 2 is 2.36 bits per heavy atom. The topological polar surface area (TPSA) is 24.9 Å². The van der Waals surface area contributed by atoms with Crippen LogP contribution in [0.25, 0.3) is 0 Å². The van der Waals surface area contributed by atoms with Gasteiger partial charge in [-0.1, -0.05) is 26.7 Å². The van der Waals surface area contributed by atoms with Crippen molar-refractivity contribution in [3.05, 3.63) is 16.6 Å². The molecule has 2 unspecified atom stereocenters. The summed E-state index contributed by atoms with van der Waals surface area (Å²) in [5.74, 6) is 0.791. The van der Waals surface area contributed by atoms with E-state index in [1.54, 1.807) is 11.3 Å². The maximum atomic E-state index is 4.12. The van der Waals surface area contributed by atoms with Crippen LogP contribution in [0.4, 0.5) is 0 Å². The van der Waals surface area contributed by atoms with Crippen LogP contribution in [-0.2, 0) is 0 Å². The predicted molar refractivity (Wildman–Crippen MR) is 62.6 cm³/mol. The molecule has 0 spiro atoms. The van der Waals surface area contributed by atoms with Crippen molar-refractivity contribution >= 4 is 11.3 Å². The molecule has 2 atom stereocenters. The SMILES string of the molecule is CCCC(C)CC(NC)c1cncs1. The van der Waals surface area contributed by atoms with Gasteiger partial charge in [-0.3, -0.25) is 4.98 Å². The summed E-state index contributed by atoms with van der Waals surface area (Å²) in [5, 5.41) is 3.36. The van der Waals surface area contributed by atoms with Gasteiger partial charge >= 0.3 is 0 Å². The smallest absolute Gasteiger partial charge is 0.0794 e. The first-order valence-electron chi connectivity index (χ1n) is 5.33. The molecule has 1 rings (SSSR count). The normalized spacial score (nSPS) is 15.4. The van der Waals surface area contributed by atoms with E-state index in [0.29, 0.717) is 6.04 Å². The lowest BCUT2D eigenvalue weighted by Gasteiger charge is -2.18. The molecule has 0 aliphatic rings. The summed E-state index contributed by atoms with van der Waals surface area (Å²) in [6.07, 6.45) is 5.79. The van der Waals surface area contributed by atoms with Crippen molar-refractivity contribution < 1.29 is 0 Å². The Hall–Kier alpha value is -0.410. The minimum Gasteiger partial charge on any atom is -0.312 e. The molecule has 0 radical (unpaired) electrons. The van der Waals surface area contributed by atoms with E-state index >= 15 is 0 Å². The zero-order valence-corrected chi connectivity index (χ0v) is 10.1. The van der Waals surface area contributed by atoms with Crippen LogP contribution in [0.3, 0.4) is 0 Å². The van der Waals surface area contributed by atoms with E-state index in [4.69, 9.17) is 0 Å². The van der Waals surface area contributed by atoms with Gasteiger partial charge in [-0.05, 0) is 19.4 Å². The summed E-state index contributed by atoms with van der Waals surface area (Å²) in [7, 11) is 2.03. The first-order valence-corrected chi connectivity index (χ1v) is 6.21. The lowest BCUT2D eigenvalue weighted by molar-refractivity contribution is 0.410. The Bertz CT molecular complexity index is 233. The summed E-state index contributed by atoms with van der Waals surface area (Å²) in [6, 6.07) is 0.490. The molecule has 1 N–H and O–H groups in total. The van der Waals surface area contributed by atoms with Gasteiger partial charge in [-0.2, -0.15) is 0 Å². The number of rotatable bonds is 6. The summed E-state index contributed by atoms with van der Waals surface area (Å²) in [5.41, 5.74) is 1.91. The molecule has 3 heteroatoms. The molecule has 0 aliphatic carbocycles. The first kappa shape index (κ1) is 11.7. The number of nitrogens with one attached hydrogen (secondary N) is 1.